The Labute approximate surface area is 121 Å². The number of hydrogen-bond donors (Lipinski definition) is 1. The summed E-state index contributed by atoms with van der Waals surface area (Å²) in [6, 6.07) is 7.34. The number of carbonyl (C=O) groups is 1. The molecule has 0 saturated heterocycles. The number of amides is 1. The summed E-state index contributed by atoms with van der Waals surface area (Å²) < 4.78 is 2.97. The minimum absolute atomic E-state index is 0.0349. The van der Waals surface area contributed by atoms with Crippen molar-refractivity contribution in [1.29, 1.82) is 0 Å². The van der Waals surface area contributed by atoms with Crippen molar-refractivity contribution in [2.75, 3.05) is 6.54 Å². The second-order valence-electron chi connectivity index (χ2n) is 4.32. The first-order valence-electron chi connectivity index (χ1n) is 6.17. The van der Waals surface area contributed by atoms with Crippen LogP contribution in [0.3, 0.4) is 0 Å². The molecule has 0 aliphatic carbocycles. The minimum Gasteiger partial charge on any atom is -0.352 e. The fraction of sp³-hybridized carbons (Fsp3) is 0.286. The van der Waals surface area contributed by atoms with Crippen molar-refractivity contribution in [3.8, 4) is 0 Å². The molecule has 0 spiro atoms. The summed E-state index contributed by atoms with van der Waals surface area (Å²) in [4.78, 5) is 16.1. The standard InChI is InChI=1S/C14H16BrN3O/c1-18-10-9-16-13(18)3-2-8-17-14(19)11-4-6-12(15)7-5-11/h4-7,9-10H,2-3,8H2,1H3,(H,17,19). The van der Waals surface area contributed by atoms with Crippen LogP contribution in [0.15, 0.2) is 41.1 Å². The van der Waals surface area contributed by atoms with Gasteiger partial charge in [-0.1, -0.05) is 15.9 Å². The average molecular weight is 322 g/mol. The maximum absolute atomic E-state index is 11.8. The molecule has 0 radical (unpaired) electrons. The topological polar surface area (TPSA) is 46.9 Å². The Morgan fingerprint density at radius 3 is 2.74 bits per heavy atom. The van der Waals surface area contributed by atoms with Crippen LogP contribution in [0.2, 0.25) is 0 Å². The summed E-state index contributed by atoms with van der Waals surface area (Å²) in [5.41, 5.74) is 0.681. The summed E-state index contributed by atoms with van der Waals surface area (Å²) in [6.07, 6.45) is 5.46. The molecule has 0 atom stereocenters. The Bertz CT molecular complexity index is 548. The Balaban J connectivity index is 1.75. The molecular formula is C14H16BrN3O. The second kappa shape index (κ2) is 6.52. The van der Waals surface area contributed by atoms with Crippen LogP contribution in [0, 0.1) is 0 Å². The number of hydrogen-bond acceptors (Lipinski definition) is 2. The van der Waals surface area contributed by atoms with Gasteiger partial charge in [0.15, 0.2) is 0 Å². The van der Waals surface area contributed by atoms with E-state index in [1.165, 1.54) is 0 Å². The van der Waals surface area contributed by atoms with Crippen LogP contribution in [0.25, 0.3) is 0 Å². The second-order valence-corrected chi connectivity index (χ2v) is 5.24. The molecule has 0 aliphatic heterocycles. The van der Waals surface area contributed by atoms with Crippen LogP contribution >= 0.6 is 15.9 Å². The first kappa shape index (κ1) is 13.8. The van der Waals surface area contributed by atoms with Crippen molar-refractivity contribution < 1.29 is 4.79 Å². The summed E-state index contributed by atoms with van der Waals surface area (Å²) in [7, 11) is 1.97. The molecule has 4 nitrogen and oxygen atoms in total. The van der Waals surface area contributed by atoms with E-state index >= 15 is 0 Å². The quantitative estimate of drug-likeness (QED) is 0.860. The number of benzene rings is 1. The van der Waals surface area contributed by atoms with E-state index in [0.29, 0.717) is 12.1 Å². The number of rotatable bonds is 5. The molecule has 1 aromatic carbocycles. The zero-order valence-electron chi connectivity index (χ0n) is 10.8. The van der Waals surface area contributed by atoms with Gasteiger partial charge in [0.2, 0.25) is 0 Å². The third kappa shape index (κ3) is 3.92. The van der Waals surface area contributed by atoms with Gasteiger partial charge in [-0.05, 0) is 30.7 Å². The number of nitrogens with zero attached hydrogens (tertiary/aromatic N) is 2. The Morgan fingerprint density at radius 2 is 2.11 bits per heavy atom. The van der Waals surface area contributed by atoms with Crippen LogP contribution in [0.5, 0.6) is 0 Å². The number of halogens is 1. The lowest BCUT2D eigenvalue weighted by Gasteiger charge is -2.05. The van der Waals surface area contributed by atoms with Gasteiger partial charge in [-0.15, -0.1) is 0 Å². The molecule has 0 aliphatic rings. The molecule has 1 amide bonds. The highest BCUT2D eigenvalue weighted by Gasteiger charge is 2.04. The number of carbonyl (C=O) groups excluding carboxylic acids is 1. The molecule has 0 fully saturated rings. The molecule has 5 heteroatoms. The Kier molecular flexibility index (Phi) is 4.74. The van der Waals surface area contributed by atoms with Gasteiger partial charge >= 0.3 is 0 Å². The van der Waals surface area contributed by atoms with Gasteiger partial charge in [0.25, 0.3) is 5.91 Å². The van der Waals surface area contributed by atoms with Crippen LogP contribution in [-0.2, 0) is 13.5 Å². The highest BCUT2D eigenvalue weighted by molar-refractivity contribution is 9.10. The van der Waals surface area contributed by atoms with E-state index < -0.39 is 0 Å². The van der Waals surface area contributed by atoms with Crippen molar-refractivity contribution in [3.05, 3.63) is 52.5 Å². The average Bonchev–Trinajstić information content (AvgIpc) is 2.81. The van der Waals surface area contributed by atoms with Crippen molar-refractivity contribution in [1.82, 2.24) is 14.9 Å². The van der Waals surface area contributed by atoms with Crippen LogP contribution < -0.4 is 5.32 Å². The fourth-order valence-electron chi connectivity index (χ4n) is 1.79. The van der Waals surface area contributed by atoms with E-state index in [1.54, 1.807) is 18.3 Å². The van der Waals surface area contributed by atoms with E-state index in [4.69, 9.17) is 0 Å². The van der Waals surface area contributed by atoms with E-state index in [0.717, 1.165) is 23.1 Å². The predicted molar refractivity (Wildman–Crippen MR) is 78.0 cm³/mol. The third-order valence-electron chi connectivity index (χ3n) is 2.89. The molecule has 1 heterocycles. The molecule has 19 heavy (non-hydrogen) atoms. The predicted octanol–water partition coefficient (Wildman–Crippen LogP) is 2.55. The van der Waals surface area contributed by atoms with Gasteiger partial charge in [-0.2, -0.15) is 0 Å². The summed E-state index contributed by atoms with van der Waals surface area (Å²) in [5.74, 6) is 1.00. The lowest BCUT2D eigenvalue weighted by molar-refractivity contribution is 0.0953. The van der Waals surface area contributed by atoms with Crippen molar-refractivity contribution in [2.45, 2.75) is 12.8 Å². The molecule has 1 aromatic heterocycles. The van der Waals surface area contributed by atoms with Crippen LogP contribution in [0.1, 0.15) is 22.6 Å². The van der Waals surface area contributed by atoms with Gasteiger partial charge < -0.3 is 9.88 Å². The van der Waals surface area contributed by atoms with Crippen molar-refractivity contribution in [3.63, 3.8) is 0 Å². The van der Waals surface area contributed by atoms with E-state index in [9.17, 15) is 4.79 Å². The molecule has 0 bridgehead atoms. The van der Waals surface area contributed by atoms with E-state index in [-0.39, 0.29) is 5.91 Å². The lowest BCUT2D eigenvalue weighted by Crippen LogP contribution is -2.24. The molecule has 0 unspecified atom stereocenters. The largest absolute Gasteiger partial charge is 0.352 e. The molecule has 1 N–H and O–H groups in total. The number of nitrogens with one attached hydrogen (secondary N) is 1. The van der Waals surface area contributed by atoms with Gasteiger partial charge in [-0.25, -0.2) is 4.98 Å². The molecular weight excluding hydrogens is 306 g/mol. The van der Waals surface area contributed by atoms with Gasteiger partial charge in [0, 0.05) is 42.4 Å². The van der Waals surface area contributed by atoms with Crippen LogP contribution in [-0.4, -0.2) is 22.0 Å². The summed E-state index contributed by atoms with van der Waals surface area (Å²) >= 11 is 3.35. The SMILES string of the molecule is Cn1ccnc1CCCNC(=O)c1ccc(Br)cc1. The number of imidazole rings is 1. The lowest BCUT2D eigenvalue weighted by atomic mass is 10.2. The number of aryl methyl sites for hydroxylation is 2. The Morgan fingerprint density at radius 1 is 1.37 bits per heavy atom. The molecule has 100 valence electrons. The molecule has 2 rings (SSSR count). The highest BCUT2D eigenvalue weighted by atomic mass is 79.9. The van der Waals surface area contributed by atoms with Gasteiger partial charge in [0.1, 0.15) is 5.82 Å². The van der Waals surface area contributed by atoms with Crippen molar-refractivity contribution in [2.24, 2.45) is 7.05 Å². The molecule has 2 aromatic rings. The van der Waals surface area contributed by atoms with E-state index in [1.807, 2.05) is 29.9 Å². The molecule has 0 saturated carbocycles. The van der Waals surface area contributed by atoms with E-state index in [2.05, 4.69) is 26.2 Å². The van der Waals surface area contributed by atoms with Gasteiger partial charge in [0.05, 0.1) is 0 Å². The monoisotopic (exact) mass is 321 g/mol. The third-order valence-corrected chi connectivity index (χ3v) is 3.42. The zero-order valence-corrected chi connectivity index (χ0v) is 12.4. The normalized spacial score (nSPS) is 10.4. The first-order valence-corrected chi connectivity index (χ1v) is 6.96. The summed E-state index contributed by atoms with van der Waals surface area (Å²) in [6.45, 7) is 0.655. The first-order chi connectivity index (χ1) is 9.16. The summed E-state index contributed by atoms with van der Waals surface area (Å²) in [5, 5.41) is 2.91. The fourth-order valence-corrected chi connectivity index (χ4v) is 2.05. The van der Waals surface area contributed by atoms with Crippen LogP contribution in [0.4, 0.5) is 0 Å². The minimum atomic E-state index is -0.0349. The van der Waals surface area contributed by atoms with Gasteiger partial charge in [-0.3, -0.25) is 4.79 Å². The van der Waals surface area contributed by atoms with Crippen molar-refractivity contribution >= 4 is 21.8 Å². The zero-order chi connectivity index (χ0) is 13.7. The maximum atomic E-state index is 11.8. The maximum Gasteiger partial charge on any atom is 0.251 e. The highest BCUT2D eigenvalue weighted by Crippen LogP contribution is 2.10. The smallest absolute Gasteiger partial charge is 0.251 e. The number of aromatic nitrogens is 2. The Hall–Kier alpha value is -1.62.